The zero-order valence-corrected chi connectivity index (χ0v) is 12.3. The summed E-state index contributed by atoms with van der Waals surface area (Å²) in [4.78, 5) is 11.7. The molecule has 0 spiro atoms. The smallest absolute Gasteiger partial charge is 0.306 e. The van der Waals surface area contributed by atoms with E-state index in [1.165, 1.54) is 0 Å². The van der Waals surface area contributed by atoms with Gasteiger partial charge < -0.3 is 14.2 Å². The molecule has 1 unspecified atom stereocenters. The Labute approximate surface area is 121 Å². The first kappa shape index (κ1) is 16.5. The van der Waals surface area contributed by atoms with E-state index < -0.39 is 0 Å². The van der Waals surface area contributed by atoms with Gasteiger partial charge in [-0.15, -0.1) is 0 Å². The van der Waals surface area contributed by atoms with E-state index in [0.29, 0.717) is 26.2 Å². The quantitative estimate of drug-likeness (QED) is 0.617. The SMILES string of the molecule is CCCCC(=O)OC(COCC)COc1ccccc1. The highest BCUT2D eigenvalue weighted by molar-refractivity contribution is 5.69. The Bertz CT molecular complexity index is 364. The highest BCUT2D eigenvalue weighted by atomic mass is 16.6. The number of unbranched alkanes of at least 4 members (excludes halogenated alkanes) is 1. The molecular weight excluding hydrogens is 256 g/mol. The Balaban J connectivity index is 2.40. The summed E-state index contributed by atoms with van der Waals surface area (Å²) in [5.41, 5.74) is 0. The number of para-hydroxylation sites is 1. The molecule has 20 heavy (non-hydrogen) atoms. The standard InChI is InChI=1S/C16H24O4/c1-3-5-11-16(17)20-15(12-18-4-2)13-19-14-9-7-6-8-10-14/h6-10,15H,3-5,11-13H2,1-2H3. The lowest BCUT2D eigenvalue weighted by Crippen LogP contribution is -2.29. The van der Waals surface area contributed by atoms with Crippen molar-refractivity contribution in [1.29, 1.82) is 0 Å². The number of hydrogen-bond donors (Lipinski definition) is 0. The lowest BCUT2D eigenvalue weighted by atomic mass is 10.2. The molecule has 112 valence electrons. The summed E-state index contributed by atoms with van der Waals surface area (Å²) in [6.45, 7) is 5.22. The molecule has 1 aromatic carbocycles. The molecule has 1 atom stereocenters. The minimum absolute atomic E-state index is 0.187. The highest BCUT2D eigenvalue weighted by Crippen LogP contribution is 2.10. The average Bonchev–Trinajstić information content (AvgIpc) is 2.49. The fraction of sp³-hybridized carbons (Fsp3) is 0.562. The highest BCUT2D eigenvalue weighted by Gasteiger charge is 2.15. The summed E-state index contributed by atoms with van der Waals surface area (Å²) in [5, 5.41) is 0. The maximum Gasteiger partial charge on any atom is 0.306 e. The predicted octanol–water partition coefficient (Wildman–Crippen LogP) is 3.20. The van der Waals surface area contributed by atoms with Gasteiger partial charge in [0.2, 0.25) is 0 Å². The molecule has 0 amide bonds. The summed E-state index contributed by atoms with van der Waals surface area (Å²) >= 11 is 0. The van der Waals surface area contributed by atoms with Crippen LogP contribution in [-0.4, -0.2) is 31.9 Å². The molecule has 0 aliphatic carbocycles. The minimum Gasteiger partial charge on any atom is -0.490 e. The molecule has 0 saturated carbocycles. The lowest BCUT2D eigenvalue weighted by Gasteiger charge is -2.18. The topological polar surface area (TPSA) is 44.8 Å². The van der Waals surface area contributed by atoms with Crippen molar-refractivity contribution in [2.24, 2.45) is 0 Å². The van der Waals surface area contributed by atoms with Gasteiger partial charge in [0.25, 0.3) is 0 Å². The maximum absolute atomic E-state index is 11.7. The zero-order chi connectivity index (χ0) is 14.6. The van der Waals surface area contributed by atoms with Gasteiger partial charge in [-0.25, -0.2) is 0 Å². The van der Waals surface area contributed by atoms with Gasteiger partial charge in [-0.05, 0) is 25.5 Å². The van der Waals surface area contributed by atoms with Crippen LogP contribution in [0.1, 0.15) is 33.1 Å². The van der Waals surface area contributed by atoms with Crippen LogP contribution in [-0.2, 0) is 14.3 Å². The van der Waals surface area contributed by atoms with Gasteiger partial charge in [0.05, 0.1) is 6.61 Å². The molecule has 0 fully saturated rings. The van der Waals surface area contributed by atoms with E-state index in [9.17, 15) is 4.79 Å². The number of hydrogen-bond acceptors (Lipinski definition) is 4. The van der Waals surface area contributed by atoms with E-state index in [1.54, 1.807) is 0 Å². The monoisotopic (exact) mass is 280 g/mol. The molecule has 0 saturated heterocycles. The number of ether oxygens (including phenoxy) is 3. The Morgan fingerprint density at radius 1 is 1.15 bits per heavy atom. The minimum atomic E-state index is -0.362. The molecule has 0 aromatic heterocycles. The van der Waals surface area contributed by atoms with Crippen molar-refractivity contribution in [3.63, 3.8) is 0 Å². The van der Waals surface area contributed by atoms with Gasteiger partial charge in [0.1, 0.15) is 12.4 Å². The summed E-state index contributed by atoms with van der Waals surface area (Å²) in [6, 6.07) is 9.48. The van der Waals surface area contributed by atoms with Crippen LogP contribution < -0.4 is 4.74 Å². The van der Waals surface area contributed by atoms with E-state index in [-0.39, 0.29) is 12.1 Å². The molecule has 0 bridgehead atoms. The maximum atomic E-state index is 11.7. The second kappa shape index (κ2) is 10.3. The summed E-state index contributed by atoms with van der Waals surface area (Å²) in [6.07, 6.45) is 1.91. The number of carbonyl (C=O) groups excluding carboxylic acids is 1. The first-order valence-corrected chi connectivity index (χ1v) is 7.21. The average molecular weight is 280 g/mol. The van der Waals surface area contributed by atoms with Crippen LogP contribution in [0.2, 0.25) is 0 Å². The van der Waals surface area contributed by atoms with Crippen LogP contribution in [0.25, 0.3) is 0 Å². The number of esters is 1. The van der Waals surface area contributed by atoms with Gasteiger partial charge in [-0.1, -0.05) is 31.5 Å². The van der Waals surface area contributed by atoms with E-state index in [4.69, 9.17) is 14.2 Å². The van der Waals surface area contributed by atoms with Gasteiger partial charge in [-0.3, -0.25) is 4.79 Å². The molecular formula is C16H24O4. The van der Waals surface area contributed by atoms with E-state index in [1.807, 2.05) is 44.2 Å². The number of rotatable bonds is 10. The molecule has 0 N–H and O–H groups in total. The van der Waals surface area contributed by atoms with Gasteiger partial charge in [0, 0.05) is 13.0 Å². The molecule has 4 nitrogen and oxygen atoms in total. The van der Waals surface area contributed by atoms with Crippen LogP contribution in [0.3, 0.4) is 0 Å². The van der Waals surface area contributed by atoms with Crippen LogP contribution in [0, 0.1) is 0 Å². The van der Waals surface area contributed by atoms with Crippen molar-refractivity contribution >= 4 is 5.97 Å². The normalized spacial score (nSPS) is 11.9. The molecule has 1 rings (SSSR count). The number of benzene rings is 1. The van der Waals surface area contributed by atoms with Crippen molar-refractivity contribution < 1.29 is 19.0 Å². The van der Waals surface area contributed by atoms with E-state index in [0.717, 1.165) is 18.6 Å². The largest absolute Gasteiger partial charge is 0.490 e. The van der Waals surface area contributed by atoms with Crippen LogP contribution in [0.4, 0.5) is 0 Å². The van der Waals surface area contributed by atoms with Crippen LogP contribution in [0.15, 0.2) is 30.3 Å². The molecule has 0 radical (unpaired) electrons. The third kappa shape index (κ3) is 7.14. The Kier molecular flexibility index (Phi) is 8.47. The number of carbonyl (C=O) groups is 1. The molecule has 0 aliphatic rings. The predicted molar refractivity (Wildman–Crippen MR) is 77.8 cm³/mol. The van der Waals surface area contributed by atoms with Crippen molar-refractivity contribution in [1.82, 2.24) is 0 Å². The molecule has 0 aliphatic heterocycles. The second-order valence-electron chi connectivity index (χ2n) is 4.50. The van der Waals surface area contributed by atoms with Crippen molar-refractivity contribution in [2.75, 3.05) is 19.8 Å². The molecule has 1 aromatic rings. The van der Waals surface area contributed by atoms with Gasteiger partial charge in [-0.2, -0.15) is 0 Å². The van der Waals surface area contributed by atoms with Gasteiger partial charge in [0.15, 0.2) is 6.10 Å². The first-order valence-electron chi connectivity index (χ1n) is 7.21. The van der Waals surface area contributed by atoms with E-state index >= 15 is 0 Å². The van der Waals surface area contributed by atoms with Crippen LogP contribution in [0.5, 0.6) is 5.75 Å². The Hall–Kier alpha value is -1.55. The Morgan fingerprint density at radius 3 is 2.55 bits per heavy atom. The first-order chi connectivity index (χ1) is 9.76. The van der Waals surface area contributed by atoms with Crippen molar-refractivity contribution in [2.45, 2.75) is 39.2 Å². The second-order valence-corrected chi connectivity index (χ2v) is 4.50. The summed E-state index contributed by atoms with van der Waals surface area (Å²) in [5.74, 6) is 0.576. The van der Waals surface area contributed by atoms with E-state index in [2.05, 4.69) is 0 Å². The van der Waals surface area contributed by atoms with Crippen LogP contribution >= 0.6 is 0 Å². The molecule has 0 heterocycles. The zero-order valence-electron chi connectivity index (χ0n) is 12.3. The third-order valence-electron chi connectivity index (χ3n) is 2.72. The third-order valence-corrected chi connectivity index (χ3v) is 2.72. The lowest BCUT2D eigenvalue weighted by molar-refractivity contribution is -0.154. The summed E-state index contributed by atoms with van der Waals surface area (Å²) in [7, 11) is 0. The fourth-order valence-electron chi connectivity index (χ4n) is 1.64. The Morgan fingerprint density at radius 2 is 1.90 bits per heavy atom. The fourth-order valence-corrected chi connectivity index (χ4v) is 1.64. The van der Waals surface area contributed by atoms with Crippen molar-refractivity contribution in [3.8, 4) is 5.75 Å². The van der Waals surface area contributed by atoms with Crippen molar-refractivity contribution in [3.05, 3.63) is 30.3 Å². The van der Waals surface area contributed by atoms with Gasteiger partial charge >= 0.3 is 5.97 Å². The summed E-state index contributed by atoms with van der Waals surface area (Å²) < 4.78 is 16.3. The molecule has 4 heteroatoms.